The molecule has 0 saturated heterocycles. The molecule has 2 N–H and O–H groups in total. The van der Waals surface area contributed by atoms with E-state index in [2.05, 4.69) is 51.9 Å². The minimum Gasteiger partial charge on any atom is -0.315 e. The number of nitrogens with one attached hydrogen (secondary N) is 2. The number of thiophene rings is 1. The van der Waals surface area contributed by atoms with E-state index in [1.54, 1.807) is 0 Å². The second kappa shape index (κ2) is 5.83. The lowest BCUT2D eigenvalue weighted by atomic mass is 9.91. The summed E-state index contributed by atoms with van der Waals surface area (Å²) in [5.41, 5.74) is 0.219. The average Bonchev–Trinajstić information content (AvgIpc) is 2.98. The van der Waals surface area contributed by atoms with Gasteiger partial charge in [0.05, 0.1) is 0 Å². The van der Waals surface area contributed by atoms with E-state index < -0.39 is 0 Å². The standard InChI is InChI=1S/C13H21BrN2S/c1-13(2,12-7-10(14)8-17-12)9-15-5-6-16-11-3-4-11/h7-8,11,15-16H,3-6,9H2,1-2H3. The van der Waals surface area contributed by atoms with Crippen LogP contribution in [-0.2, 0) is 5.41 Å². The van der Waals surface area contributed by atoms with Crippen LogP contribution in [-0.4, -0.2) is 25.7 Å². The molecule has 0 amide bonds. The molecule has 1 aromatic rings. The first-order valence-corrected chi connectivity index (χ1v) is 7.94. The molecule has 0 radical (unpaired) electrons. The number of hydrogen-bond donors (Lipinski definition) is 2. The van der Waals surface area contributed by atoms with E-state index in [4.69, 9.17) is 0 Å². The molecule has 0 aromatic carbocycles. The Morgan fingerprint density at radius 2 is 2.18 bits per heavy atom. The fourth-order valence-electron chi connectivity index (χ4n) is 1.81. The van der Waals surface area contributed by atoms with E-state index in [1.807, 2.05) is 11.3 Å². The van der Waals surface area contributed by atoms with E-state index in [-0.39, 0.29) is 5.41 Å². The maximum atomic E-state index is 3.55. The van der Waals surface area contributed by atoms with Gasteiger partial charge in [-0.25, -0.2) is 0 Å². The highest BCUT2D eigenvalue weighted by atomic mass is 79.9. The lowest BCUT2D eigenvalue weighted by Gasteiger charge is -2.23. The predicted molar refractivity (Wildman–Crippen MR) is 78.9 cm³/mol. The van der Waals surface area contributed by atoms with Crippen LogP contribution in [0.3, 0.4) is 0 Å². The molecule has 1 aromatic heterocycles. The van der Waals surface area contributed by atoms with Crippen molar-refractivity contribution < 1.29 is 0 Å². The highest BCUT2D eigenvalue weighted by molar-refractivity contribution is 9.10. The van der Waals surface area contributed by atoms with Crippen molar-refractivity contribution in [3.8, 4) is 0 Å². The van der Waals surface area contributed by atoms with Crippen molar-refractivity contribution in [2.24, 2.45) is 0 Å². The first-order valence-electron chi connectivity index (χ1n) is 6.26. The van der Waals surface area contributed by atoms with Crippen molar-refractivity contribution in [3.05, 3.63) is 20.8 Å². The SMILES string of the molecule is CC(C)(CNCCNC1CC1)c1cc(Br)cs1. The van der Waals surface area contributed by atoms with Gasteiger partial charge in [0.15, 0.2) is 0 Å². The largest absolute Gasteiger partial charge is 0.315 e. The lowest BCUT2D eigenvalue weighted by Crippen LogP contribution is -2.36. The van der Waals surface area contributed by atoms with Gasteiger partial charge in [-0.1, -0.05) is 13.8 Å². The Morgan fingerprint density at radius 3 is 2.76 bits per heavy atom. The Bertz CT molecular complexity index is 358. The molecule has 1 aliphatic rings. The molecular weight excluding hydrogens is 296 g/mol. The van der Waals surface area contributed by atoms with Gasteiger partial charge in [0.2, 0.25) is 0 Å². The Morgan fingerprint density at radius 1 is 1.41 bits per heavy atom. The van der Waals surface area contributed by atoms with Crippen molar-refractivity contribution in [2.45, 2.75) is 38.1 Å². The highest BCUT2D eigenvalue weighted by Crippen LogP contribution is 2.30. The molecule has 1 heterocycles. The van der Waals surface area contributed by atoms with Crippen LogP contribution in [0.4, 0.5) is 0 Å². The molecule has 0 aliphatic heterocycles. The molecule has 1 fully saturated rings. The summed E-state index contributed by atoms with van der Waals surface area (Å²) in [6.07, 6.45) is 2.74. The molecule has 0 atom stereocenters. The van der Waals surface area contributed by atoms with Crippen LogP contribution < -0.4 is 10.6 Å². The van der Waals surface area contributed by atoms with Gasteiger partial charge >= 0.3 is 0 Å². The van der Waals surface area contributed by atoms with Crippen molar-refractivity contribution in [3.63, 3.8) is 0 Å². The topological polar surface area (TPSA) is 24.1 Å². The predicted octanol–water partition coefficient (Wildman–Crippen LogP) is 3.13. The lowest BCUT2D eigenvalue weighted by molar-refractivity contribution is 0.471. The fraction of sp³-hybridized carbons (Fsp3) is 0.692. The van der Waals surface area contributed by atoms with Crippen molar-refractivity contribution in [1.82, 2.24) is 10.6 Å². The minimum absolute atomic E-state index is 0.219. The summed E-state index contributed by atoms with van der Waals surface area (Å²) in [5, 5.41) is 9.22. The number of rotatable bonds is 7. The Balaban J connectivity index is 1.68. The average molecular weight is 317 g/mol. The minimum atomic E-state index is 0.219. The molecule has 96 valence electrons. The summed E-state index contributed by atoms with van der Waals surface area (Å²) in [5.74, 6) is 0. The third kappa shape index (κ3) is 4.36. The Kier molecular flexibility index (Phi) is 4.64. The summed E-state index contributed by atoms with van der Waals surface area (Å²) >= 11 is 5.35. The summed E-state index contributed by atoms with van der Waals surface area (Å²) in [6, 6.07) is 3.05. The molecule has 17 heavy (non-hydrogen) atoms. The third-order valence-electron chi connectivity index (χ3n) is 3.11. The summed E-state index contributed by atoms with van der Waals surface area (Å²) in [4.78, 5) is 1.44. The molecule has 1 saturated carbocycles. The first-order chi connectivity index (χ1) is 8.08. The van der Waals surface area contributed by atoms with Gasteiger partial charge in [0, 0.05) is 45.8 Å². The summed E-state index contributed by atoms with van der Waals surface area (Å²) in [6.45, 7) is 7.78. The molecule has 1 aliphatic carbocycles. The van der Waals surface area contributed by atoms with Crippen LogP contribution in [0, 0.1) is 0 Å². The van der Waals surface area contributed by atoms with Gasteiger partial charge in [0.1, 0.15) is 0 Å². The number of hydrogen-bond acceptors (Lipinski definition) is 3. The van der Waals surface area contributed by atoms with Crippen LogP contribution >= 0.6 is 27.3 Å². The van der Waals surface area contributed by atoms with E-state index >= 15 is 0 Å². The molecule has 4 heteroatoms. The van der Waals surface area contributed by atoms with Gasteiger partial charge in [-0.05, 0) is 34.8 Å². The zero-order chi connectivity index (χ0) is 12.3. The van der Waals surface area contributed by atoms with E-state index in [0.717, 1.165) is 25.7 Å². The van der Waals surface area contributed by atoms with Crippen LogP contribution in [0.25, 0.3) is 0 Å². The van der Waals surface area contributed by atoms with Gasteiger partial charge in [-0.3, -0.25) is 0 Å². The molecule has 2 rings (SSSR count). The van der Waals surface area contributed by atoms with Crippen molar-refractivity contribution in [1.29, 1.82) is 0 Å². The smallest absolute Gasteiger partial charge is 0.0285 e. The van der Waals surface area contributed by atoms with Gasteiger partial charge in [-0.15, -0.1) is 11.3 Å². The summed E-state index contributed by atoms with van der Waals surface area (Å²) in [7, 11) is 0. The molecule has 0 spiro atoms. The maximum absolute atomic E-state index is 3.55. The van der Waals surface area contributed by atoms with Crippen LogP contribution in [0.1, 0.15) is 31.6 Å². The molecule has 0 unspecified atom stereocenters. The second-order valence-corrected chi connectivity index (χ2v) is 7.25. The Labute approximate surface area is 116 Å². The van der Waals surface area contributed by atoms with Gasteiger partial charge in [-0.2, -0.15) is 0 Å². The van der Waals surface area contributed by atoms with Crippen LogP contribution in [0.15, 0.2) is 15.9 Å². The van der Waals surface area contributed by atoms with E-state index in [1.165, 1.54) is 22.2 Å². The Hall–Kier alpha value is 0.1000. The zero-order valence-corrected chi connectivity index (χ0v) is 13.0. The summed E-state index contributed by atoms with van der Waals surface area (Å²) < 4.78 is 1.20. The van der Waals surface area contributed by atoms with Crippen LogP contribution in [0.5, 0.6) is 0 Å². The highest BCUT2D eigenvalue weighted by Gasteiger charge is 2.22. The molecular formula is C13H21BrN2S. The van der Waals surface area contributed by atoms with Crippen molar-refractivity contribution >= 4 is 27.3 Å². The van der Waals surface area contributed by atoms with Crippen LogP contribution in [0.2, 0.25) is 0 Å². The number of halogens is 1. The maximum Gasteiger partial charge on any atom is 0.0285 e. The fourth-order valence-corrected chi connectivity index (χ4v) is 3.36. The van der Waals surface area contributed by atoms with E-state index in [0.29, 0.717) is 0 Å². The van der Waals surface area contributed by atoms with Crippen molar-refractivity contribution in [2.75, 3.05) is 19.6 Å². The van der Waals surface area contributed by atoms with E-state index in [9.17, 15) is 0 Å². The monoisotopic (exact) mass is 316 g/mol. The molecule has 2 nitrogen and oxygen atoms in total. The first kappa shape index (κ1) is 13.5. The zero-order valence-electron chi connectivity index (χ0n) is 10.6. The third-order valence-corrected chi connectivity index (χ3v) is 5.17. The second-order valence-electron chi connectivity index (χ2n) is 5.42. The van der Waals surface area contributed by atoms with Gasteiger partial charge in [0.25, 0.3) is 0 Å². The molecule has 0 bridgehead atoms. The quantitative estimate of drug-likeness (QED) is 0.755. The normalized spacial score (nSPS) is 16.4. The van der Waals surface area contributed by atoms with Gasteiger partial charge < -0.3 is 10.6 Å².